The molecule has 0 radical (unpaired) electrons. The fourth-order valence-corrected chi connectivity index (χ4v) is 4.70. The number of ether oxygens (including phenoxy) is 4. The Morgan fingerprint density at radius 1 is 1.22 bits per heavy atom. The highest BCUT2D eigenvalue weighted by atomic mass is 16.6. The van der Waals surface area contributed by atoms with Crippen LogP contribution < -0.4 is 9.47 Å². The molecule has 1 aliphatic carbocycles. The molecule has 2 atom stereocenters. The molecule has 0 spiro atoms. The van der Waals surface area contributed by atoms with E-state index in [1.807, 2.05) is 38.7 Å². The fourth-order valence-electron chi connectivity index (χ4n) is 4.70. The monoisotopic (exact) mass is 504 g/mol. The number of fused-ring (bicyclic) bond motifs is 1. The predicted octanol–water partition coefficient (Wildman–Crippen LogP) is 3.46. The van der Waals surface area contributed by atoms with Gasteiger partial charge in [-0.3, -0.25) is 4.79 Å². The van der Waals surface area contributed by atoms with Crippen LogP contribution in [0.5, 0.6) is 11.5 Å². The van der Waals surface area contributed by atoms with Gasteiger partial charge in [-0.05, 0) is 71.1 Å². The molecule has 1 unspecified atom stereocenters. The summed E-state index contributed by atoms with van der Waals surface area (Å²) in [5, 5.41) is 9.05. The second-order valence-electron chi connectivity index (χ2n) is 10.8. The second-order valence-corrected chi connectivity index (χ2v) is 10.8. The van der Waals surface area contributed by atoms with Crippen LogP contribution in [0.2, 0.25) is 0 Å². The Labute approximate surface area is 213 Å². The average molecular weight is 505 g/mol. The third-order valence-electron chi connectivity index (χ3n) is 6.67. The Kier molecular flexibility index (Phi) is 8.30. The van der Waals surface area contributed by atoms with Gasteiger partial charge in [0.25, 0.3) is 5.91 Å². The van der Waals surface area contributed by atoms with E-state index < -0.39 is 17.8 Å². The normalized spacial score (nSPS) is 20.4. The number of rotatable bonds is 9. The molecule has 9 heteroatoms. The van der Waals surface area contributed by atoms with Crippen LogP contribution in [0, 0.1) is 0 Å². The van der Waals surface area contributed by atoms with Gasteiger partial charge in [0, 0.05) is 31.2 Å². The number of carbonyl (C=O) groups excluding carboxylic acids is 2. The topological polar surface area (TPSA) is 97.8 Å². The molecule has 1 N–H and O–H groups in total. The van der Waals surface area contributed by atoms with Crippen molar-refractivity contribution in [2.75, 3.05) is 39.5 Å². The van der Waals surface area contributed by atoms with Crippen molar-refractivity contribution in [3.8, 4) is 11.5 Å². The van der Waals surface area contributed by atoms with Crippen LogP contribution in [0.3, 0.4) is 0 Å². The van der Waals surface area contributed by atoms with Crippen molar-refractivity contribution in [2.24, 2.45) is 0 Å². The zero-order chi connectivity index (χ0) is 25.9. The first-order valence-corrected chi connectivity index (χ1v) is 13.1. The van der Waals surface area contributed by atoms with Crippen LogP contribution in [-0.4, -0.2) is 84.2 Å². The molecule has 1 saturated heterocycles. The molecule has 3 aliphatic rings. The summed E-state index contributed by atoms with van der Waals surface area (Å²) in [6.07, 6.45) is 3.01. The van der Waals surface area contributed by atoms with E-state index in [0.717, 1.165) is 42.6 Å². The van der Waals surface area contributed by atoms with Crippen LogP contribution in [0.15, 0.2) is 12.1 Å². The number of hydrogen-bond donors (Lipinski definition) is 1. The quantitative estimate of drug-likeness (QED) is 0.515. The summed E-state index contributed by atoms with van der Waals surface area (Å²) >= 11 is 0. The smallest absolute Gasteiger partial charge is 0.410 e. The van der Waals surface area contributed by atoms with E-state index >= 15 is 0 Å². The van der Waals surface area contributed by atoms with Crippen molar-refractivity contribution >= 4 is 12.0 Å². The average Bonchev–Trinajstić information content (AvgIpc) is 3.55. The van der Waals surface area contributed by atoms with Gasteiger partial charge in [-0.1, -0.05) is 0 Å². The van der Waals surface area contributed by atoms with E-state index in [0.29, 0.717) is 38.5 Å². The lowest BCUT2D eigenvalue weighted by molar-refractivity contribution is -0.151. The third kappa shape index (κ3) is 6.42. The van der Waals surface area contributed by atoms with Crippen LogP contribution in [-0.2, 0) is 20.7 Å². The Morgan fingerprint density at radius 3 is 2.69 bits per heavy atom. The van der Waals surface area contributed by atoms with Gasteiger partial charge in [-0.25, -0.2) is 4.79 Å². The minimum atomic E-state index is -0.721. The molecule has 200 valence electrons. The van der Waals surface area contributed by atoms with E-state index in [1.54, 1.807) is 4.90 Å². The van der Waals surface area contributed by atoms with Crippen LogP contribution in [0.1, 0.15) is 70.5 Å². The molecular formula is C27H40N2O7. The number of unbranched alkanes of at least 4 members (excludes halogenated alkanes) is 1. The summed E-state index contributed by atoms with van der Waals surface area (Å²) in [6, 6.07) is 4.07. The Morgan fingerprint density at radius 2 is 2.00 bits per heavy atom. The van der Waals surface area contributed by atoms with Gasteiger partial charge in [-0.2, -0.15) is 0 Å². The molecule has 4 rings (SSSR count). The predicted molar refractivity (Wildman–Crippen MR) is 133 cm³/mol. The number of aliphatic hydroxyl groups excluding tert-OH is 1. The van der Waals surface area contributed by atoms with Crippen molar-refractivity contribution in [3.05, 3.63) is 23.3 Å². The largest absolute Gasteiger partial charge is 0.490 e. The summed E-state index contributed by atoms with van der Waals surface area (Å²) in [4.78, 5) is 29.9. The highest BCUT2D eigenvalue weighted by molar-refractivity contribution is 5.83. The van der Waals surface area contributed by atoms with Crippen LogP contribution in [0.4, 0.5) is 4.79 Å². The zero-order valence-electron chi connectivity index (χ0n) is 22.0. The molecular weight excluding hydrogens is 464 g/mol. The van der Waals surface area contributed by atoms with Crippen LogP contribution >= 0.6 is 0 Å². The lowest BCUT2D eigenvalue weighted by atomic mass is 10.0. The number of morpholine rings is 1. The fraction of sp³-hybridized carbons (Fsp3) is 0.704. The SMILES string of the molecule is CC(c1cc2c(c(OCCCCO)c1)OCC2)N(C(=O)[C@H]1CN(C(=O)OC(C)(C)C)CCO1)C1CC1. The molecule has 1 saturated carbocycles. The number of aliphatic hydroxyl groups is 1. The minimum Gasteiger partial charge on any atom is -0.490 e. The van der Waals surface area contributed by atoms with Gasteiger partial charge in [0.15, 0.2) is 17.6 Å². The van der Waals surface area contributed by atoms with E-state index in [9.17, 15) is 9.59 Å². The van der Waals surface area contributed by atoms with Crippen molar-refractivity contribution < 1.29 is 33.6 Å². The Bertz CT molecular complexity index is 941. The standard InChI is InChI=1S/C27H40N2O7/c1-18(20-15-19-9-13-35-24(19)22(16-20)33-12-6-5-11-30)29(21-7-8-21)25(31)23-17-28(10-14-34-23)26(32)36-27(2,3)4/h15-16,18,21,23,30H,5-14,17H2,1-4H3/t18?,23-/m1/s1. The molecule has 1 aromatic rings. The maximum atomic E-state index is 13.8. The van der Waals surface area contributed by atoms with Gasteiger partial charge in [-0.15, -0.1) is 0 Å². The molecule has 1 aromatic carbocycles. The molecule has 0 aromatic heterocycles. The summed E-state index contributed by atoms with van der Waals surface area (Å²) in [7, 11) is 0. The number of benzene rings is 1. The molecule has 2 aliphatic heterocycles. The number of nitrogens with zero attached hydrogens (tertiary/aromatic N) is 2. The van der Waals surface area contributed by atoms with E-state index in [2.05, 4.69) is 6.07 Å². The third-order valence-corrected chi connectivity index (χ3v) is 6.67. The van der Waals surface area contributed by atoms with E-state index in [4.69, 9.17) is 24.1 Å². The van der Waals surface area contributed by atoms with Gasteiger partial charge in [0.2, 0.25) is 0 Å². The number of amides is 2. The molecule has 0 bridgehead atoms. The maximum absolute atomic E-state index is 13.8. The highest BCUT2D eigenvalue weighted by Crippen LogP contribution is 2.42. The van der Waals surface area contributed by atoms with E-state index in [1.165, 1.54) is 0 Å². The van der Waals surface area contributed by atoms with Crippen molar-refractivity contribution in [1.82, 2.24) is 9.80 Å². The van der Waals surface area contributed by atoms with Crippen LogP contribution in [0.25, 0.3) is 0 Å². The summed E-state index contributed by atoms with van der Waals surface area (Å²) in [6.45, 7) is 9.66. The Balaban J connectivity index is 1.50. The zero-order valence-corrected chi connectivity index (χ0v) is 22.0. The lowest BCUT2D eigenvalue weighted by Crippen LogP contribution is -2.54. The second kappa shape index (κ2) is 11.3. The van der Waals surface area contributed by atoms with Crippen molar-refractivity contribution in [3.63, 3.8) is 0 Å². The summed E-state index contributed by atoms with van der Waals surface area (Å²) < 4.78 is 23.2. The minimum absolute atomic E-state index is 0.0968. The molecule has 2 amide bonds. The summed E-state index contributed by atoms with van der Waals surface area (Å²) in [5.41, 5.74) is 1.49. The van der Waals surface area contributed by atoms with Gasteiger partial charge in [0.1, 0.15) is 5.60 Å². The first-order chi connectivity index (χ1) is 17.2. The van der Waals surface area contributed by atoms with E-state index in [-0.39, 0.29) is 31.1 Å². The molecule has 2 fully saturated rings. The van der Waals surface area contributed by atoms with Crippen molar-refractivity contribution in [1.29, 1.82) is 0 Å². The van der Waals surface area contributed by atoms with Gasteiger partial charge < -0.3 is 33.9 Å². The highest BCUT2D eigenvalue weighted by Gasteiger charge is 2.42. The first kappa shape index (κ1) is 26.5. The van der Waals surface area contributed by atoms with Gasteiger partial charge >= 0.3 is 6.09 Å². The summed E-state index contributed by atoms with van der Waals surface area (Å²) in [5.74, 6) is 1.38. The number of carbonyl (C=O) groups is 2. The maximum Gasteiger partial charge on any atom is 0.410 e. The van der Waals surface area contributed by atoms with Crippen molar-refractivity contribution in [2.45, 2.75) is 83.6 Å². The van der Waals surface area contributed by atoms with Gasteiger partial charge in [0.05, 0.1) is 32.4 Å². The molecule has 2 heterocycles. The molecule has 9 nitrogen and oxygen atoms in total. The molecule has 36 heavy (non-hydrogen) atoms. The lowest BCUT2D eigenvalue weighted by Gasteiger charge is -2.38. The first-order valence-electron chi connectivity index (χ1n) is 13.1. The Hall–Kier alpha value is -2.52. The number of hydrogen-bond acceptors (Lipinski definition) is 7.